The summed E-state index contributed by atoms with van der Waals surface area (Å²) in [5, 5.41) is 18.6. The summed E-state index contributed by atoms with van der Waals surface area (Å²) in [7, 11) is 0.221. The van der Waals surface area contributed by atoms with Gasteiger partial charge in [-0.15, -0.1) is 0 Å². The molecule has 3 saturated carbocycles. The molecule has 6 rings (SSSR count). The van der Waals surface area contributed by atoms with Crippen LogP contribution in [0.1, 0.15) is 59.8 Å². The third kappa shape index (κ3) is 3.55. The Morgan fingerprint density at radius 3 is 2.58 bits per heavy atom. The van der Waals surface area contributed by atoms with Crippen LogP contribution < -0.4 is 5.32 Å². The number of ether oxygens (including phenoxy) is 1. The number of carbonyl (C=O) groups excluding carboxylic acids is 1. The molecular weight excluding hydrogens is 500 g/mol. The van der Waals surface area contributed by atoms with Crippen LogP contribution >= 0.6 is 0 Å². The summed E-state index contributed by atoms with van der Waals surface area (Å²) >= 11 is 0. The lowest BCUT2D eigenvalue weighted by Gasteiger charge is -2.70. The minimum atomic E-state index is -1.35. The lowest BCUT2D eigenvalue weighted by molar-refractivity contribution is -0.318. The molecule has 2 heterocycles. The molecule has 1 aromatic carbocycles. The number of fused-ring (bicyclic) bond motifs is 3. The Bertz CT molecular complexity index is 1160. The smallest absolute Gasteiger partial charge is 0.223 e. The van der Waals surface area contributed by atoms with Gasteiger partial charge >= 0.3 is 0 Å². The van der Waals surface area contributed by atoms with Crippen LogP contribution in [0.3, 0.4) is 0 Å². The largest absolute Gasteiger partial charge is 0.399 e. The van der Waals surface area contributed by atoms with E-state index in [2.05, 4.69) is 38.2 Å². The van der Waals surface area contributed by atoms with Crippen molar-refractivity contribution in [3.05, 3.63) is 30.3 Å². The topological polar surface area (TPSA) is 97.2 Å². The number of nitrogens with one attached hydrogen (secondary N) is 1. The number of benzene rings is 1. The maximum atomic E-state index is 14.3. The Kier molecular flexibility index (Phi) is 6.36. The van der Waals surface area contributed by atoms with Gasteiger partial charge in [0.15, 0.2) is 0 Å². The molecule has 0 radical (unpaired) electrons. The number of hydrogen-bond donors (Lipinski definition) is 2. The monoisotopic (exact) mass is 542 g/mol. The van der Waals surface area contributed by atoms with E-state index >= 15 is 0 Å². The molecule has 1 spiro atoms. The van der Waals surface area contributed by atoms with Crippen LogP contribution in [0.15, 0.2) is 40.4 Å². The van der Waals surface area contributed by atoms with E-state index in [0.717, 1.165) is 29.9 Å². The molecule has 5 aliphatic rings. The SMILES string of the molecule is CON=C1C(S(=O)c2ccccc2)CC23OC4C(CC2(C)C(C)CCC3C1(C)C)C(O)CC1C(=O)NCC14. The highest BCUT2D eigenvalue weighted by molar-refractivity contribution is 7.86. The first kappa shape index (κ1) is 26.5. The van der Waals surface area contributed by atoms with Gasteiger partial charge < -0.3 is 20.0 Å². The third-order valence-corrected chi connectivity index (χ3v) is 13.1. The van der Waals surface area contributed by atoms with Gasteiger partial charge in [0.05, 0.1) is 39.6 Å². The maximum absolute atomic E-state index is 14.3. The van der Waals surface area contributed by atoms with E-state index in [1.54, 1.807) is 7.11 Å². The van der Waals surface area contributed by atoms with Gasteiger partial charge in [0.2, 0.25) is 5.91 Å². The molecule has 38 heavy (non-hydrogen) atoms. The van der Waals surface area contributed by atoms with Gasteiger partial charge in [0.25, 0.3) is 0 Å². The second-order valence-corrected chi connectivity index (χ2v) is 14.9. The zero-order chi connectivity index (χ0) is 27.0. The van der Waals surface area contributed by atoms with Crippen molar-refractivity contribution in [2.75, 3.05) is 13.7 Å². The molecule has 1 aromatic rings. The van der Waals surface area contributed by atoms with Crippen molar-refractivity contribution < 1.29 is 23.7 Å². The number of rotatable bonds is 3. The Labute approximate surface area is 228 Å². The standard InChI is InChI=1S/C30H42N2O5S/c1-17-11-12-24-28(2,3)26(32-36-5)23(38(35)18-9-7-6-8-10-18)15-30(24)29(17,4)14-20-22(33)13-19-21(25(20)37-30)16-31-27(19)34/h6-10,17,19-25,33H,11-16H2,1-5H3,(H,31,34). The Hall–Kier alpha value is -1.77. The number of hydrogen-bond acceptors (Lipinski definition) is 6. The van der Waals surface area contributed by atoms with Crippen LogP contribution in [0, 0.1) is 40.4 Å². The summed E-state index contributed by atoms with van der Waals surface area (Å²) in [6.07, 6.45) is 3.26. The fourth-order valence-electron chi connectivity index (χ4n) is 9.32. The van der Waals surface area contributed by atoms with Gasteiger partial charge in [-0.05, 0) is 61.5 Å². The molecule has 5 fully saturated rings. The van der Waals surface area contributed by atoms with Crippen LogP contribution in [0.2, 0.25) is 0 Å². The van der Waals surface area contributed by atoms with Crippen LogP contribution in [0.5, 0.6) is 0 Å². The number of nitrogens with zero attached hydrogens (tertiary/aromatic N) is 1. The first-order valence-corrected chi connectivity index (χ1v) is 15.5. The lowest BCUT2D eigenvalue weighted by atomic mass is 9.42. The van der Waals surface area contributed by atoms with Crippen molar-refractivity contribution in [3.8, 4) is 0 Å². The fraction of sp³-hybridized carbons (Fsp3) is 0.733. The van der Waals surface area contributed by atoms with E-state index < -0.39 is 27.9 Å². The molecule has 3 aliphatic carbocycles. The molecule has 2 N–H and O–H groups in total. The summed E-state index contributed by atoms with van der Waals surface area (Å²) in [5.74, 6) is 0.423. The quantitative estimate of drug-likeness (QED) is 0.565. The fourth-order valence-corrected chi connectivity index (χ4v) is 11.0. The van der Waals surface area contributed by atoms with Crippen molar-refractivity contribution in [2.45, 2.75) is 87.8 Å². The highest BCUT2D eigenvalue weighted by Gasteiger charge is 2.72. The van der Waals surface area contributed by atoms with Crippen molar-refractivity contribution in [1.82, 2.24) is 5.32 Å². The van der Waals surface area contributed by atoms with Crippen molar-refractivity contribution >= 4 is 22.4 Å². The van der Waals surface area contributed by atoms with E-state index in [-0.39, 0.29) is 46.3 Å². The van der Waals surface area contributed by atoms with Gasteiger partial charge in [-0.25, -0.2) is 0 Å². The van der Waals surface area contributed by atoms with Gasteiger partial charge in [-0.3, -0.25) is 9.00 Å². The molecule has 208 valence electrons. The normalized spacial score (nSPS) is 47.2. The molecule has 1 amide bonds. The van der Waals surface area contributed by atoms with Crippen LogP contribution in [-0.4, -0.2) is 57.6 Å². The van der Waals surface area contributed by atoms with E-state index in [1.165, 1.54) is 0 Å². The second-order valence-electron chi connectivity index (χ2n) is 13.3. The summed E-state index contributed by atoms with van der Waals surface area (Å²) < 4.78 is 21.8. The number of aliphatic hydroxyl groups is 1. The molecule has 2 aliphatic heterocycles. The average Bonchev–Trinajstić information content (AvgIpc) is 3.26. The maximum Gasteiger partial charge on any atom is 0.223 e. The predicted molar refractivity (Wildman–Crippen MR) is 146 cm³/mol. The molecule has 2 saturated heterocycles. The highest BCUT2D eigenvalue weighted by atomic mass is 32.2. The number of aliphatic hydroxyl groups excluding tert-OH is 1. The second kappa shape index (κ2) is 9.13. The van der Waals surface area contributed by atoms with E-state index in [4.69, 9.17) is 9.57 Å². The van der Waals surface area contributed by atoms with Crippen LogP contribution in [0.4, 0.5) is 0 Å². The van der Waals surface area contributed by atoms with Gasteiger partial charge in [-0.2, -0.15) is 0 Å². The lowest BCUT2D eigenvalue weighted by Crippen LogP contribution is -2.74. The molecule has 0 bridgehead atoms. The number of amides is 1. The summed E-state index contributed by atoms with van der Waals surface area (Å²) in [6.45, 7) is 9.72. The predicted octanol–water partition coefficient (Wildman–Crippen LogP) is 3.92. The number of oxime groups is 1. The molecule has 8 heteroatoms. The Morgan fingerprint density at radius 1 is 1.13 bits per heavy atom. The van der Waals surface area contributed by atoms with Gasteiger partial charge in [0.1, 0.15) is 7.11 Å². The highest BCUT2D eigenvalue weighted by Crippen LogP contribution is 2.68. The van der Waals surface area contributed by atoms with E-state index in [0.29, 0.717) is 25.3 Å². The third-order valence-electron chi connectivity index (χ3n) is 11.5. The first-order valence-electron chi connectivity index (χ1n) is 14.3. The van der Waals surface area contributed by atoms with Crippen molar-refractivity contribution in [3.63, 3.8) is 0 Å². The minimum Gasteiger partial charge on any atom is -0.399 e. The van der Waals surface area contributed by atoms with Crippen LogP contribution in [-0.2, 0) is 25.2 Å². The summed E-state index contributed by atoms with van der Waals surface area (Å²) in [6, 6.07) is 9.65. The Balaban J connectivity index is 1.49. The molecule has 7 nitrogen and oxygen atoms in total. The molecule has 11 unspecified atom stereocenters. The molecular formula is C30H42N2O5S. The number of carbonyl (C=O) groups is 1. The van der Waals surface area contributed by atoms with E-state index in [1.807, 2.05) is 30.3 Å². The Morgan fingerprint density at radius 2 is 1.87 bits per heavy atom. The molecule has 11 atom stereocenters. The molecule has 0 aromatic heterocycles. The average molecular weight is 543 g/mol. The summed E-state index contributed by atoms with van der Waals surface area (Å²) in [5.41, 5.74) is -0.325. The van der Waals surface area contributed by atoms with Gasteiger partial charge in [0, 0.05) is 34.6 Å². The summed E-state index contributed by atoms with van der Waals surface area (Å²) in [4.78, 5) is 18.9. The van der Waals surface area contributed by atoms with Crippen molar-refractivity contribution in [1.29, 1.82) is 0 Å². The minimum absolute atomic E-state index is 0.00371. The zero-order valence-corrected chi connectivity index (χ0v) is 24.0. The first-order chi connectivity index (χ1) is 18.0. The zero-order valence-electron chi connectivity index (χ0n) is 23.2. The van der Waals surface area contributed by atoms with Crippen LogP contribution in [0.25, 0.3) is 0 Å². The van der Waals surface area contributed by atoms with Gasteiger partial charge in [-0.1, -0.05) is 51.0 Å². The van der Waals surface area contributed by atoms with E-state index in [9.17, 15) is 14.1 Å². The van der Waals surface area contributed by atoms with Crippen molar-refractivity contribution in [2.24, 2.45) is 45.6 Å².